The summed E-state index contributed by atoms with van der Waals surface area (Å²) in [5, 5.41) is 4.01. The van der Waals surface area contributed by atoms with Gasteiger partial charge in [0.2, 0.25) is 0 Å². The number of rotatable bonds is 2. The van der Waals surface area contributed by atoms with Crippen LogP contribution in [0, 0.1) is 5.82 Å². The summed E-state index contributed by atoms with van der Waals surface area (Å²) in [5.41, 5.74) is 0.763. The fourth-order valence-corrected chi connectivity index (χ4v) is 2.21. The van der Waals surface area contributed by atoms with Crippen LogP contribution in [0.2, 0.25) is 0 Å². The highest BCUT2D eigenvalue weighted by Gasteiger charge is 2.17. The lowest BCUT2D eigenvalue weighted by molar-refractivity contribution is 0.0587. The lowest BCUT2D eigenvalue weighted by Gasteiger charge is -2.05. The smallest absolute Gasteiger partial charge is 0.378 e. The molecule has 0 aliphatic carbocycles. The highest BCUT2D eigenvalue weighted by molar-refractivity contribution is 9.10. The van der Waals surface area contributed by atoms with E-state index in [2.05, 4.69) is 35.7 Å². The Bertz CT molecular complexity index is 849. The van der Waals surface area contributed by atoms with Crippen LogP contribution >= 0.6 is 15.9 Å². The summed E-state index contributed by atoms with van der Waals surface area (Å²) in [6.45, 7) is 0. The number of benzene rings is 1. The van der Waals surface area contributed by atoms with Crippen LogP contribution in [0.15, 0.2) is 34.9 Å². The maximum Gasteiger partial charge on any atom is 0.378 e. The molecule has 0 fully saturated rings. The lowest BCUT2D eigenvalue weighted by Crippen LogP contribution is -2.04. The van der Waals surface area contributed by atoms with Gasteiger partial charge in [-0.3, -0.25) is 0 Å². The van der Waals surface area contributed by atoms with E-state index < -0.39 is 11.8 Å². The topological polar surface area (TPSA) is 69.4 Å². The number of carbonyl (C=O) groups excluding carboxylic acids is 1. The summed E-state index contributed by atoms with van der Waals surface area (Å²) in [7, 11) is 1.23. The van der Waals surface area contributed by atoms with E-state index in [4.69, 9.17) is 0 Å². The van der Waals surface area contributed by atoms with Gasteiger partial charge in [0, 0.05) is 16.2 Å². The highest BCUT2D eigenvalue weighted by Crippen LogP contribution is 2.25. The van der Waals surface area contributed by atoms with Crippen molar-refractivity contribution in [1.82, 2.24) is 19.6 Å². The average molecular weight is 351 g/mol. The second-order valence-electron chi connectivity index (χ2n) is 4.09. The Hall–Kier alpha value is -2.35. The monoisotopic (exact) mass is 350 g/mol. The summed E-state index contributed by atoms with van der Waals surface area (Å²) in [4.78, 5) is 19.4. The molecule has 0 saturated heterocycles. The van der Waals surface area contributed by atoms with Crippen LogP contribution in [0.1, 0.15) is 10.6 Å². The molecule has 0 atom stereocenters. The van der Waals surface area contributed by atoms with Crippen molar-refractivity contribution < 1.29 is 13.9 Å². The molecule has 0 radical (unpaired) electrons. The van der Waals surface area contributed by atoms with Gasteiger partial charge in [-0.15, -0.1) is 5.10 Å². The molecule has 0 amide bonds. The molecule has 0 aliphatic heterocycles. The summed E-state index contributed by atoms with van der Waals surface area (Å²) in [5.74, 6) is -1.04. The third kappa shape index (κ3) is 2.38. The molecule has 0 spiro atoms. The molecule has 0 aliphatic rings. The molecule has 6 nitrogen and oxygen atoms in total. The third-order valence-electron chi connectivity index (χ3n) is 2.82. The van der Waals surface area contributed by atoms with Crippen molar-refractivity contribution in [3.8, 4) is 11.3 Å². The number of hydrogen-bond donors (Lipinski definition) is 0. The summed E-state index contributed by atoms with van der Waals surface area (Å²) < 4.78 is 20.6. The van der Waals surface area contributed by atoms with E-state index in [1.165, 1.54) is 23.9 Å². The van der Waals surface area contributed by atoms with Crippen molar-refractivity contribution in [3.05, 3.63) is 46.6 Å². The second kappa shape index (κ2) is 5.21. The standard InChI is InChI=1S/C13H8BrFN4O2/c1-21-12(20)11-17-13-16-5-4-10(19(13)18-11)8-3-2-7(14)6-9(8)15/h2-6H,1H3. The van der Waals surface area contributed by atoms with Crippen molar-refractivity contribution >= 4 is 27.7 Å². The van der Waals surface area contributed by atoms with Gasteiger partial charge in [0.25, 0.3) is 11.6 Å². The number of fused-ring (bicyclic) bond motifs is 1. The third-order valence-corrected chi connectivity index (χ3v) is 3.31. The molecule has 8 heteroatoms. The molecule has 2 aromatic heterocycles. The number of carbonyl (C=O) groups is 1. The number of ether oxygens (including phenoxy) is 1. The van der Waals surface area contributed by atoms with E-state index >= 15 is 0 Å². The number of aromatic nitrogens is 4. The van der Waals surface area contributed by atoms with Gasteiger partial charge in [-0.25, -0.2) is 14.2 Å². The summed E-state index contributed by atoms with van der Waals surface area (Å²) in [6, 6.07) is 6.26. The van der Waals surface area contributed by atoms with Crippen LogP contribution in [0.25, 0.3) is 17.0 Å². The first-order valence-electron chi connectivity index (χ1n) is 5.85. The number of halogens is 2. The van der Waals surface area contributed by atoms with E-state index in [1.807, 2.05) is 0 Å². The molecular weight excluding hydrogens is 343 g/mol. The predicted octanol–water partition coefficient (Wildman–Crippen LogP) is 2.48. The van der Waals surface area contributed by atoms with Gasteiger partial charge >= 0.3 is 5.97 Å². The molecule has 21 heavy (non-hydrogen) atoms. The molecule has 2 heterocycles. The molecule has 3 aromatic rings. The Balaban J connectivity index is 2.23. The minimum Gasteiger partial charge on any atom is -0.463 e. The Kier molecular flexibility index (Phi) is 3.38. The molecule has 0 bridgehead atoms. The Morgan fingerprint density at radius 3 is 2.90 bits per heavy atom. The van der Waals surface area contributed by atoms with E-state index in [0.29, 0.717) is 15.7 Å². The normalized spacial score (nSPS) is 10.8. The molecule has 0 N–H and O–H groups in total. The first kappa shape index (κ1) is 13.6. The van der Waals surface area contributed by atoms with Crippen LogP contribution in [0.3, 0.4) is 0 Å². The molecular formula is C13H8BrFN4O2. The van der Waals surface area contributed by atoms with Crippen molar-refractivity contribution in [1.29, 1.82) is 0 Å². The quantitative estimate of drug-likeness (QED) is 0.664. The van der Waals surface area contributed by atoms with Gasteiger partial charge in [-0.2, -0.15) is 9.50 Å². The number of methoxy groups -OCH3 is 1. The highest BCUT2D eigenvalue weighted by atomic mass is 79.9. The van der Waals surface area contributed by atoms with Crippen molar-refractivity contribution in [3.63, 3.8) is 0 Å². The zero-order valence-corrected chi connectivity index (χ0v) is 12.3. The van der Waals surface area contributed by atoms with E-state index in [1.54, 1.807) is 18.2 Å². The first-order chi connectivity index (χ1) is 10.1. The van der Waals surface area contributed by atoms with Crippen LogP contribution in [-0.2, 0) is 4.74 Å². The maximum atomic E-state index is 14.1. The van der Waals surface area contributed by atoms with Gasteiger partial charge < -0.3 is 4.74 Å². The van der Waals surface area contributed by atoms with Gasteiger partial charge in [0.1, 0.15) is 5.82 Å². The molecule has 0 saturated carbocycles. The fraction of sp³-hybridized carbons (Fsp3) is 0.0769. The SMILES string of the molecule is COC(=O)c1nc2nccc(-c3ccc(Br)cc3F)n2n1. The van der Waals surface area contributed by atoms with Crippen LogP contribution < -0.4 is 0 Å². The van der Waals surface area contributed by atoms with E-state index in [-0.39, 0.29) is 11.6 Å². The number of esters is 1. The summed E-state index contributed by atoms with van der Waals surface area (Å²) in [6.07, 6.45) is 1.47. The number of nitrogens with zero attached hydrogens (tertiary/aromatic N) is 4. The van der Waals surface area contributed by atoms with Crippen molar-refractivity contribution in [2.75, 3.05) is 7.11 Å². The van der Waals surface area contributed by atoms with Crippen LogP contribution in [0.4, 0.5) is 4.39 Å². The molecule has 0 unspecified atom stereocenters. The van der Waals surface area contributed by atoms with Crippen LogP contribution in [-0.4, -0.2) is 32.7 Å². The van der Waals surface area contributed by atoms with E-state index in [9.17, 15) is 9.18 Å². The molecule has 106 valence electrons. The fourth-order valence-electron chi connectivity index (χ4n) is 1.87. The zero-order valence-electron chi connectivity index (χ0n) is 10.7. The minimum absolute atomic E-state index is 0.130. The maximum absolute atomic E-state index is 14.1. The largest absolute Gasteiger partial charge is 0.463 e. The second-order valence-corrected chi connectivity index (χ2v) is 5.01. The first-order valence-corrected chi connectivity index (χ1v) is 6.65. The van der Waals surface area contributed by atoms with Crippen LogP contribution in [0.5, 0.6) is 0 Å². The van der Waals surface area contributed by atoms with Gasteiger partial charge in [-0.1, -0.05) is 15.9 Å². The Labute approximate surface area is 126 Å². The Morgan fingerprint density at radius 1 is 1.38 bits per heavy atom. The zero-order chi connectivity index (χ0) is 15.0. The molecule has 3 rings (SSSR count). The summed E-state index contributed by atoms with van der Waals surface area (Å²) >= 11 is 3.20. The Morgan fingerprint density at radius 2 is 2.19 bits per heavy atom. The van der Waals surface area contributed by atoms with E-state index in [0.717, 1.165) is 0 Å². The van der Waals surface area contributed by atoms with Gasteiger partial charge in [-0.05, 0) is 24.3 Å². The van der Waals surface area contributed by atoms with Crippen molar-refractivity contribution in [2.24, 2.45) is 0 Å². The minimum atomic E-state index is -0.678. The van der Waals surface area contributed by atoms with Crippen molar-refractivity contribution in [2.45, 2.75) is 0 Å². The lowest BCUT2D eigenvalue weighted by atomic mass is 10.1. The molecule has 1 aromatic carbocycles. The average Bonchev–Trinajstić information content (AvgIpc) is 2.90. The predicted molar refractivity (Wildman–Crippen MR) is 75.2 cm³/mol. The van der Waals surface area contributed by atoms with Gasteiger partial charge in [0.05, 0.1) is 12.8 Å². The van der Waals surface area contributed by atoms with Gasteiger partial charge in [0.15, 0.2) is 0 Å². The number of hydrogen-bond acceptors (Lipinski definition) is 5.